The molecular weight excluding hydrogens is 427 g/mol. The molecule has 0 saturated heterocycles. The van der Waals surface area contributed by atoms with Gasteiger partial charge in [-0.1, -0.05) is 57.2 Å². The topological polar surface area (TPSA) is 50.3 Å². The number of hydrogen-bond acceptors (Lipinski definition) is 3. The fourth-order valence-corrected chi connectivity index (χ4v) is 4.02. The summed E-state index contributed by atoms with van der Waals surface area (Å²) >= 11 is 0. The lowest BCUT2D eigenvalue weighted by molar-refractivity contribution is -0.118. The number of Topliss-reactive ketones (excluding diaryl/α,β-unsaturated/α-hetero) is 1. The summed E-state index contributed by atoms with van der Waals surface area (Å²) in [6.45, 7) is 10.2. The van der Waals surface area contributed by atoms with Gasteiger partial charge in [-0.05, 0) is 61.1 Å². The van der Waals surface area contributed by atoms with Crippen molar-refractivity contribution in [3.8, 4) is 11.1 Å². The SMILES string of the molecule is CCC(=O)N(CC(C)C)c1ccc(-c2ccc(C(=O)CCc3ccc(C)nc3C)cc2)cc1F. The molecule has 178 valence electrons. The Labute approximate surface area is 201 Å². The summed E-state index contributed by atoms with van der Waals surface area (Å²) in [5.74, 6) is -0.233. The van der Waals surface area contributed by atoms with Crippen LogP contribution in [0.3, 0.4) is 0 Å². The molecule has 1 heterocycles. The van der Waals surface area contributed by atoms with Crippen molar-refractivity contribution >= 4 is 17.4 Å². The van der Waals surface area contributed by atoms with Gasteiger partial charge in [0.15, 0.2) is 5.78 Å². The molecular formula is C29H33FN2O2. The van der Waals surface area contributed by atoms with Crippen LogP contribution in [0.2, 0.25) is 0 Å². The third-order valence-electron chi connectivity index (χ3n) is 5.89. The van der Waals surface area contributed by atoms with Gasteiger partial charge in [-0.3, -0.25) is 14.6 Å². The van der Waals surface area contributed by atoms with Crippen LogP contribution < -0.4 is 4.90 Å². The van der Waals surface area contributed by atoms with Gasteiger partial charge in [-0.2, -0.15) is 0 Å². The molecule has 2 aromatic carbocycles. The number of amides is 1. The van der Waals surface area contributed by atoms with Crippen molar-refractivity contribution < 1.29 is 14.0 Å². The largest absolute Gasteiger partial charge is 0.309 e. The van der Waals surface area contributed by atoms with Gasteiger partial charge in [-0.25, -0.2) is 4.39 Å². The number of aromatic nitrogens is 1. The summed E-state index contributed by atoms with van der Waals surface area (Å²) in [5.41, 5.74) is 5.47. The predicted molar refractivity (Wildman–Crippen MR) is 136 cm³/mol. The van der Waals surface area contributed by atoms with Crippen molar-refractivity contribution in [1.82, 2.24) is 4.98 Å². The van der Waals surface area contributed by atoms with Crippen LogP contribution in [0.1, 0.15) is 60.9 Å². The first-order chi connectivity index (χ1) is 16.2. The van der Waals surface area contributed by atoms with Crippen LogP contribution in [-0.4, -0.2) is 23.2 Å². The Kier molecular flexibility index (Phi) is 8.32. The Morgan fingerprint density at radius 2 is 1.65 bits per heavy atom. The number of anilines is 1. The Morgan fingerprint density at radius 1 is 0.971 bits per heavy atom. The number of pyridine rings is 1. The molecule has 34 heavy (non-hydrogen) atoms. The summed E-state index contributed by atoms with van der Waals surface area (Å²) in [7, 11) is 0. The summed E-state index contributed by atoms with van der Waals surface area (Å²) in [6.07, 6.45) is 1.38. The number of nitrogens with zero attached hydrogens (tertiary/aromatic N) is 2. The van der Waals surface area contributed by atoms with E-state index >= 15 is 4.39 Å². The lowest BCUT2D eigenvalue weighted by Crippen LogP contribution is -2.34. The van der Waals surface area contributed by atoms with E-state index < -0.39 is 5.82 Å². The van der Waals surface area contributed by atoms with E-state index in [4.69, 9.17) is 0 Å². The Morgan fingerprint density at radius 3 is 2.24 bits per heavy atom. The molecule has 0 atom stereocenters. The summed E-state index contributed by atoms with van der Waals surface area (Å²) in [6, 6.07) is 16.2. The third-order valence-corrected chi connectivity index (χ3v) is 5.89. The molecule has 0 aliphatic rings. The molecule has 1 aromatic heterocycles. The summed E-state index contributed by atoms with van der Waals surface area (Å²) in [4.78, 5) is 31.0. The molecule has 0 aliphatic heterocycles. The number of aryl methyl sites for hydroxylation is 3. The lowest BCUT2D eigenvalue weighted by Gasteiger charge is -2.25. The van der Waals surface area contributed by atoms with Crippen LogP contribution in [0.15, 0.2) is 54.6 Å². The van der Waals surface area contributed by atoms with Crippen molar-refractivity contribution in [3.63, 3.8) is 0 Å². The van der Waals surface area contributed by atoms with Gasteiger partial charge >= 0.3 is 0 Å². The second-order valence-corrected chi connectivity index (χ2v) is 9.12. The van der Waals surface area contributed by atoms with Gasteiger partial charge in [0.1, 0.15) is 5.82 Å². The van der Waals surface area contributed by atoms with E-state index in [-0.39, 0.29) is 17.6 Å². The minimum atomic E-state index is -0.429. The van der Waals surface area contributed by atoms with E-state index in [2.05, 4.69) is 4.98 Å². The maximum absolute atomic E-state index is 15.0. The highest BCUT2D eigenvalue weighted by Crippen LogP contribution is 2.28. The zero-order valence-corrected chi connectivity index (χ0v) is 20.7. The molecule has 0 fully saturated rings. The summed E-state index contributed by atoms with van der Waals surface area (Å²) in [5, 5.41) is 0. The van der Waals surface area contributed by atoms with Crippen LogP contribution >= 0.6 is 0 Å². The monoisotopic (exact) mass is 460 g/mol. The Balaban J connectivity index is 1.73. The van der Waals surface area contributed by atoms with Crippen LogP contribution in [0.5, 0.6) is 0 Å². The molecule has 0 spiro atoms. The number of benzene rings is 2. The van der Waals surface area contributed by atoms with Gasteiger partial charge in [0, 0.05) is 36.3 Å². The van der Waals surface area contributed by atoms with Crippen LogP contribution in [0.4, 0.5) is 10.1 Å². The molecule has 4 nitrogen and oxygen atoms in total. The van der Waals surface area contributed by atoms with E-state index in [1.807, 2.05) is 58.0 Å². The molecule has 0 saturated carbocycles. The smallest absolute Gasteiger partial charge is 0.226 e. The van der Waals surface area contributed by atoms with Gasteiger partial charge in [0.05, 0.1) is 5.69 Å². The highest BCUT2D eigenvalue weighted by molar-refractivity contribution is 5.97. The van der Waals surface area contributed by atoms with E-state index in [1.165, 1.54) is 11.0 Å². The number of carbonyl (C=O) groups is 2. The normalized spacial score (nSPS) is 11.0. The lowest BCUT2D eigenvalue weighted by atomic mass is 9.98. The maximum Gasteiger partial charge on any atom is 0.226 e. The standard InChI is InChI=1S/C29H33FN2O2/c1-6-29(34)32(18-19(2)3)27-15-13-25(17-26(27)30)23-9-11-24(12-10-23)28(33)16-14-22-8-7-20(4)31-21(22)5/h7-13,15,17,19H,6,14,16,18H2,1-5H3. The minimum absolute atomic E-state index is 0.0652. The van der Waals surface area contributed by atoms with Crippen LogP contribution in [0, 0.1) is 25.6 Å². The number of rotatable bonds is 9. The predicted octanol–water partition coefficient (Wildman–Crippen LogP) is 6.72. The van der Waals surface area contributed by atoms with E-state index in [0.717, 1.165) is 22.5 Å². The van der Waals surface area contributed by atoms with E-state index in [0.29, 0.717) is 42.6 Å². The summed E-state index contributed by atoms with van der Waals surface area (Å²) < 4.78 is 15.0. The molecule has 0 unspecified atom stereocenters. The average molecular weight is 461 g/mol. The van der Waals surface area contributed by atoms with Crippen molar-refractivity contribution in [3.05, 3.63) is 82.9 Å². The number of ketones is 1. The van der Waals surface area contributed by atoms with Gasteiger partial charge in [0.25, 0.3) is 0 Å². The van der Waals surface area contributed by atoms with Gasteiger partial charge < -0.3 is 4.90 Å². The van der Waals surface area contributed by atoms with Crippen molar-refractivity contribution in [2.75, 3.05) is 11.4 Å². The fourth-order valence-electron chi connectivity index (χ4n) is 4.02. The van der Waals surface area contributed by atoms with Gasteiger partial charge in [-0.15, -0.1) is 0 Å². The second-order valence-electron chi connectivity index (χ2n) is 9.12. The molecule has 5 heteroatoms. The molecule has 0 bridgehead atoms. The number of carbonyl (C=O) groups excluding carboxylic acids is 2. The highest BCUT2D eigenvalue weighted by Gasteiger charge is 2.19. The minimum Gasteiger partial charge on any atom is -0.309 e. The fraction of sp³-hybridized carbons (Fsp3) is 0.345. The zero-order chi connectivity index (χ0) is 24.8. The first-order valence-electron chi connectivity index (χ1n) is 11.9. The Hall–Kier alpha value is -3.34. The molecule has 0 radical (unpaired) electrons. The van der Waals surface area contributed by atoms with Crippen LogP contribution in [0.25, 0.3) is 11.1 Å². The van der Waals surface area contributed by atoms with Crippen molar-refractivity contribution in [2.24, 2.45) is 5.92 Å². The molecule has 0 aliphatic carbocycles. The van der Waals surface area contributed by atoms with Crippen LogP contribution in [-0.2, 0) is 11.2 Å². The number of halogens is 1. The quantitative estimate of drug-likeness (QED) is 0.333. The first kappa shape index (κ1) is 25.3. The first-order valence-corrected chi connectivity index (χ1v) is 11.9. The zero-order valence-electron chi connectivity index (χ0n) is 20.7. The Bertz CT molecular complexity index is 1170. The van der Waals surface area contributed by atoms with E-state index in [9.17, 15) is 9.59 Å². The van der Waals surface area contributed by atoms with E-state index in [1.54, 1.807) is 25.1 Å². The third kappa shape index (κ3) is 6.16. The maximum atomic E-state index is 15.0. The number of hydrogen-bond donors (Lipinski definition) is 0. The molecule has 3 aromatic rings. The second kappa shape index (κ2) is 11.2. The highest BCUT2D eigenvalue weighted by atomic mass is 19.1. The van der Waals surface area contributed by atoms with Gasteiger partial charge in [0.2, 0.25) is 5.91 Å². The van der Waals surface area contributed by atoms with Crippen molar-refractivity contribution in [1.29, 1.82) is 0 Å². The molecule has 0 N–H and O–H groups in total. The molecule has 1 amide bonds. The molecule has 3 rings (SSSR count). The van der Waals surface area contributed by atoms with Crippen molar-refractivity contribution in [2.45, 2.75) is 53.9 Å². The average Bonchev–Trinajstić information content (AvgIpc) is 2.81.